The molecule has 11 heavy (non-hydrogen) atoms. The zero-order valence-corrected chi connectivity index (χ0v) is 6.37. The molecule has 58 valence electrons. The van der Waals surface area contributed by atoms with Gasteiger partial charge >= 0.3 is 0 Å². The van der Waals surface area contributed by atoms with E-state index >= 15 is 0 Å². The minimum Gasteiger partial charge on any atom is -0.480 e. The van der Waals surface area contributed by atoms with Crippen LogP contribution in [0.1, 0.15) is 19.8 Å². The van der Waals surface area contributed by atoms with Gasteiger partial charge in [-0.15, -0.1) is 4.99 Å². The second-order valence-electron chi connectivity index (χ2n) is 1.79. The van der Waals surface area contributed by atoms with E-state index < -0.39 is 0 Å². The summed E-state index contributed by atoms with van der Waals surface area (Å²) in [5.74, 6) is 0.205. The molecule has 0 aliphatic rings. The van der Waals surface area contributed by atoms with Gasteiger partial charge in [0.2, 0.25) is 12.1 Å². The predicted octanol–water partition coefficient (Wildman–Crippen LogP) is 1.21. The summed E-state index contributed by atoms with van der Waals surface area (Å²) >= 11 is 0. The van der Waals surface area contributed by atoms with Crippen LogP contribution in [0.15, 0.2) is 4.99 Å². The lowest BCUT2D eigenvalue weighted by Gasteiger charge is -2.00. The summed E-state index contributed by atoms with van der Waals surface area (Å²) in [5.41, 5.74) is 0. The number of nitrogens with zero attached hydrogens (tertiary/aromatic N) is 3. The Morgan fingerprint density at radius 2 is 2.27 bits per heavy atom. The van der Waals surface area contributed by atoms with Gasteiger partial charge in [0, 0.05) is 0 Å². The number of nitriles is 2. The minimum absolute atomic E-state index is 0.0631. The first-order valence-electron chi connectivity index (χ1n) is 3.30. The van der Waals surface area contributed by atoms with Gasteiger partial charge in [-0.25, -0.2) is 0 Å². The zero-order valence-electron chi connectivity index (χ0n) is 6.37. The topological polar surface area (TPSA) is 69.2 Å². The van der Waals surface area contributed by atoms with Crippen molar-refractivity contribution >= 4 is 5.90 Å². The normalized spacial score (nSPS) is 9.91. The first kappa shape index (κ1) is 9.45. The fourth-order valence-corrected chi connectivity index (χ4v) is 0.466. The van der Waals surface area contributed by atoms with Crippen LogP contribution in [0.5, 0.6) is 0 Å². The summed E-state index contributed by atoms with van der Waals surface area (Å²) in [4.78, 5) is 3.33. The Kier molecular flexibility index (Phi) is 5.64. The van der Waals surface area contributed by atoms with Gasteiger partial charge in [0.25, 0.3) is 0 Å². The molecule has 0 N–H and O–H groups in total. The van der Waals surface area contributed by atoms with E-state index in [-0.39, 0.29) is 12.3 Å². The molecule has 0 aliphatic heterocycles. The Labute approximate surface area is 65.7 Å². The Bertz CT molecular complexity index is 209. The van der Waals surface area contributed by atoms with Crippen LogP contribution in [-0.4, -0.2) is 12.5 Å². The zero-order chi connectivity index (χ0) is 8.53. The number of hydrogen-bond acceptors (Lipinski definition) is 4. The molecule has 0 saturated heterocycles. The third-order valence-corrected chi connectivity index (χ3v) is 0.878. The molecule has 0 spiro atoms. The van der Waals surface area contributed by atoms with E-state index in [0.29, 0.717) is 6.61 Å². The summed E-state index contributed by atoms with van der Waals surface area (Å²) < 4.78 is 4.98. The average Bonchev–Trinajstić information content (AvgIpc) is 2.01. The SMILES string of the molecule is CCCOC(CC#N)=NC#N. The highest BCUT2D eigenvalue weighted by Crippen LogP contribution is 1.90. The maximum absolute atomic E-state index is 8.24. The monoisotopic (exact) mass is 151 g/mol. The molecule has 0 atom stereocenters. The van der Waals surface area contributed by atoms with Crippen molar-refractivity contribution < 1.29 is 4.74 Å². The van der Waals surface area contributed by atoms with Crippen LogP contribution >= 0.6 is 0 Å². The van der Waals surface area contributed by atoms with E-state index in [0.717, 1.165) is 6.42 Å². The van der Waals surface area contributed by atoms with Gasteiger partial charge in [0.15, 0.2) is 0 Å². The minimum atomic E-state index is 0.0631. The summed E-state index contributed by atoms with van der Waals surface area (Å²) in [6.07, 6.45) is 2.48. The molecule has 4 nitrogen and oxygen atoms in total. The number of aliphatic imine (C=N–C) groups is 1. The highest BCUT2D eigenvalue weighted by Gasteiger charge is 1.97. The molecule has 0 saturated carbocycles. The van der Waals surface area contributed by atoms with Crippen molar-refractivity contribution in [1.29, 1.82) is 10.5 Å². The second-order valence-corrected chi connectivity index (χ2v) is 1.79. The van der Waals surface area contributed by atoms with Gasteiger partial charge in [-0.2, -0.15) is 10.5 Å². The number of ether oxygens (including phenoxy) is 1. The fraction of sp³-hybridized carbons (Fsp3) is 0.571. The van der Waals surface area contributed by atoms with Crippen LogP contribution in [-0.2, 0) is 4.74 Å². The lowest BCUT2D eigenvalue weighted by molar-refractivity contribution is 0.299. The van der Waals surface area contributed by atoms with E-state index in [1.54, 1.807) is 6.19 Å². The standard InChI is InChI=1S/C7H9N3O/c1-2-5-11-7(3-4-8)10-6-9/h2-3,5H2,1H3. The molecular weight excluding hydrogens is 142 g/mol. The average molecular weight is 151 g/mol. The van der Waals surface area contributed by atoms with E-state index in [9.17, 15) is 0 Å². The fourth-order valence-electron chi connectivity index (χ4n) is 0.466. The summed E-state index contributed by atoms with van der Waals surface area (Å²) in [6, 6.07) is 1.85. The van der Waals surface area contributed by atoms with Crippen LogP contribution in [0.2, 0.25) is 0 Å². The summed E-state index contributed by atoms with van der Waals surface area (Å²) in [6.45, 7) is 2.44. The summed E-state index contributed by atoms with van der Waals surface area (Å²) in [5, 5.41) is 16.4. The molecule has 0 bridgehead atoms. The van der Waals surface area contributed by atoms with Gasteiger partial charge in [0.1, 0.15) is 6.42 Å². The molecule has 0 unspecified atom stereocenters. The van der Waals surface area contributed by atoms with E-state index in [1.807, 2.05) is 13.0 Å². The molecule has 0 heterocycles. The van der Waals surface area contributed by atoms with E-state index in [2.05, 4.69) is 4.99 Å². The first-order valence-corrected chi connectivity index (χ1v) is 3.30. The molecule has 0 fully saturated rings. The van der Waals surface area contributed by atoms with Crippen molar-refractivity contribution in [1.82, 2.24) is 0 Å². The maximum atomic E-state index is 8.24. The first-order chi connectivity index (χ1) is 5.35. The molecule has 0 aromatic carbocycles. The molecule has 0 aromatic heterocycles. The van der Waals surface area contributed by atoms with Crippen LogP contribution in [0.4, 0.5) is 0 Å². The molecule has 0 amide bonds. The van der Waals surface area contributed by atoms with Crippen molar-refractivity contribution in [2.24, 2.45) is 4.99 Å². The van der Waals surface area contributed by atoms with Crippen LogP contribution in [0, 0.1) is 22.8 Å². The van der Waals surface area contributed by atoms with Crippen molar-refractivity contribution in [3.63, 3.8) is 0 Å². The highest BCUT2D eigenvalue weighted by molar-refractivity contribution is 5.78. The van der Waals surface area contributed by atoms with Gasteiger partial charge in [0.05, 0.1) is 12.7 Å². The van der Waals surface area contributed by atoms with Crippen LogP contribution < -0.4 is 0 Å². The van der Waals surface area contributed by atoms with E-state index in [4.69, 9.17) is 15.3 Å². The lowest BCUT2D eigenvalue weighted by atomic mass is 10.4. The Morgan fingerprint density at radius 3 is 2.73 bits per heavy atom. The Morgan fingerprint density at radius 1 is 1.55 bits per heavy atom. The van der Waals surface area contributed by atoms with Crippen LogP contribution in [0.3, 0.4) is 0 Å². The molecule has 0 aliphatic carbocycles. The van der Waals surface area contributed by atoms with Crippen molar-refractivity contribution in [3.05, 3.63) is 0 Å². The number of rotatable bonds is 3. The smallest absolute Gasteiger partial charge is 0.213 e. The highest BCUT2D eigenvalue weighted by atomic mass is 16.5. The third kappa shape index (κ3) is 4.92. The molecule has 0 aromatic rings. The molecule has 0 rings (SSSR count). The largest absolute Gasteiger partial charge is 0.480 e. The third-order valence-electron chi connectivity index (χ3n) is 0.878. The summed E-state index contributed by atoms with van der Waals surface area (Å²) in [7, 11) is 0. The molecule has 4 heteroatoms. The maximum Gasteiger partial charge on any atom is 0.213 e. The van der Waals surface area contributed by atoms with Gasteiger partial charge < -0.3 is 4.74 Å². The molecular formula is C7H9N3O. The van der Waals surface area contributed by atoms with Gasteiger partial charge in [-0.1, -0.05) is 6.92 Å². The lowest BCUT2D eigenvalue weighted by Crippen LogP contribution is -2.04. The quantitative estimate of drug-likeness (QED) is 0.346. The van der Waals surface area contributed by atoms with E-state index in [1.165, 1.54) is 0 Å². The van der Waals surface area contributed by atoms with Crippen molar-refractivity contribution in [2.75, 3.05) is 6.61 Å². The Hall–Kier alpha value is -1.55. The second kappa shape index (κ2) is 6.57. The van der Waals surface area contributed by atoms with Gasteiger partial charge in [-0.3, -0.25) is 0 Å². The van der Waals surface area contributed by atoms with Crippen LogP contribution in [0.25, 0.3) is 0 Å². The number of hydrogen-bond donors (Lipinski definition) is 0. The van der Waals surface area contributed by atoms with Crippen molar-refractivity contribution in [3.8, 4) is 12.3 Å². The predicted molar refractivity (Wildman–Crippen MR) is 39.5 cm³/mol. The van der Waals surface area contributed by atoms with Crippen molar-refractivity contribution in [2.45, 2.75) is 19.8 Å². The van der Waals surface area contributed by atoms with Gasteiger partial charge in [-0.05, 0) is 6.42 Å². The Balaban J connectivity index is 3.84. The molecule has 0 radical (unpaired) electrons.